The molecule has 1 aliphatic rings. The highest BCUT2D eigenvalue weighted by molar-refractivity contribution is 7.15. The van der Waals surface area contributed by atoms with Crippen LogP contribution in [-0.4, -0.2) is 24.0 Å². The number of thiophene rings is 1. The molecule has 0 aromatic carbocycles. The lowest BCUT2D eigenvalue weighted by molar-refractivity contribution is 0.202. The van der Waals surface area contributed by atoms with Crippen molar-refractivity contribution in [1.82, 2.24) is 4.90 Å². The lowest BCUT2D eigenvalue weighted by Crippen LogP contribution is -2.42. The zero-order valence-electron chi connectivity index (χ0n) is 8.38. The van der Waals surface area contributed by atoms with Crippen molar-refractivity contribution in [2.75, 3.05) is 13.1 Å². The van der Waals surface area contributed by atoms with Gasteiger partial charge in [-0.1, -0.05) is 23.2 Å². The van der Waals surface area contributed by atoms with Gasteiger partial charge in [0.2, 0.25) is 0 Å². The van der Waals surface area contributed by atoms with Crippen molar-refractivity contribution in [2.24, 2.45) is 5.73 Å². The van der Waals surface area contributed by atoms with Crippen LogP contribution in [0.25, 0.3) is 0 Å². The number of halogens is 2. The van der Waals surface area contributed by atoms with Crippen molar-refractivity contribution < 1.29 is 0 Å². The summed E-state index contributed by atoms with van der Waals surface area (Å²) in [6.45, 7) is 2.94. The predicted octanol–water partition coefficient (Wildman–Crippen LogP) is 2.98. The molecule has 5 heteroatoms. The average molecular weight is 265 g/mol. The maximum absolute atomic E-state index is 6.08. The SMILES string of the molecule is NC1CCCN(Cc2csc(Cl)c2Cl)C1. The number of hydrogen-bond donors (Lipinski definition) is 1. The second-order valence-electron chi connectivity index (χ2n) is 3.99. The summed E-state index contributed by atoms with van der Waals surface area (Å²) in [6, 6.07) is 0.312. The monoisotopic (exact) mass is 264 g/mol. The van der Waals surface area contributed by atoms with Crippen molar-refractivity contribution >= 4 is 34.5 Å². The van der Waals surface area contributed by atoms with Gasteiger partial charge in [0.15, 0.2) is 0 Å². The number of piperidine rings is 1. The van der Waals surface area contributed by atoms with Crippen LogP contribution < -0.4 is 5.73 Å². The van der Waals surface area contributed by atoms with Crippen molar-refractivity contribution in [3.63, 3.8) is 0 Å². The number of nitrogens with zero attached hydrogens (tertiary/aromatic N) is 1. The van der Waals surface area contributed by atoms with E-state index >= 15 is 0 Å². The minimum Gasteiger partial charge on any atom is -0.327 e. The number of nitrogens with two attached hydrogens (primary N) is 1. The second kappa shape index (κ2) is 5.02. The van der Waals surface area contributed by atoms with Gasteiger partial charge in [-0.2, -0.15) is 0 Å². The average Bonchev–Trinajstić information content (AvgIpc) is 2.50. The first-order valence-corrected chi connectivity index (χ1v) is 6.69. The molecule has 2 N–H and O–H groups in total. The standard InChI is InChI=1S/C10H14Cl2N2S/c11-9-7(6-15-10(9)12)4-14-3-1-2-8(13)5-14/h6,8H,1-5,13H2. The van der Waals surface area contributed by atoms with E-state index in [4.69, 9.17) is 28.9 Å². The third kappa shape index (κ3) is 2.86. The summed E-state index contributed by atoms with van der Waals surface area (Å²) in [5.41, 5.74) is 7.05. The van der Waals surface area contributed by atoms with Gasteiger partial charge < -0.3 is 5.73 Å². The molecule has 1 aromatic heterocycles. The summed E-state index contributed by atoms with van der Waals surface area (Å²) in [7, 11) is 0. The molecule has 0 bridgehead atoms. The molecule has 1 atom stereocenters. The van der Waals surface area contributed by atoms with Crippen LogP contribution in [0.2, 0.25) is 9.36 Å². The van der Waals surface area contributed by atoms with Crippen molar-refractivity contribution in [2.45, 2.75) is 25.4 Å². The predicted molar refractivity (Wildman–Crippen MR) is 66.8 cm³/mol. The molecule has 2 heterocycles. The van der Waals surface area contributed by atoms with E-state index in [1.54, 1.807) is 0 Å². The van der Waals surface area contributed by atoms with Crippen molar-refractivity contribution in [1.29, 1.82) is 0 Å². The van der Waals surface area contributed by atoms with E-state index in [1.807, 2.05) is 5.38 Å². The van der Waals surface area contributed by atoms with Crippen LogP contribution in [0, 0.1) is 0 Å². The molecule has 1 saturated heterocycles. The Morgan fingerprint density at radius 2 is 2.33 bits per heavy atom. The molecular formula is C10H14Cl2N2S. The first-order chi connectivity index (χ1) is 7.16. The van der Waals surface area contributed by atoms with E-state index in [0.717, 1.165) is 31.6 Å². The zero-order chi connectivity index (χ0) is 10.8. The molecule has 0 radical (unpaired) electrons. The van der Waals surface area contributed by atoms with Gasteiger partial charge in [0.25, 0.3) is 0 Å². The van der Waals surface area contributed by atoms with Crippen LogP contribution in [0.4, 0.5) is 0 Å². The fourth-order valence-corrected chi connectivity index (χ4v) is 3.18. The summed E-state index contributed by atoms with van der Waals surface area (Å²) in [5.74, 6) is 0. The van der Waals surface area contributed by atoms with Crippen LogP contribution in [0.5, 0.6) is 0 Å². The molecule has 0 amide bonds. The van der Waals surface area contributed by atoms with Crippen LogP contribution >= 0.6 is 34.5 Å². The van der Waals surface area contributed by atoms with Crippen LogP contribution in [0.1, 0.15) is 18.4 Å². The fraction of sp³-hybridized carbons (Fsp3) is 0.600. The molecule has 1 aromatic rings. The van der Waals surface area contributed by atoms with Crippen LogP contribution in [0.3, 0.4) is 0 Å². The van der Waals surface area contributed by atoms with Crippen LogP contribution in [0.15, 0.2) is 5.38 Å². The zero-order valence-corrected chi connectivity index (χ0v) is 10.7. The van der Waals surface area contributed by atoms with Crippen molar-refractivity contribution in [3.05, 3.63) is 20.3 Å². The largest absolute Gasteiger partial charge is 0.327 e. The Hall–Kier alpha value is 0.200. The molecule has 1 unspecified atom stereocenters. The Kier molecular flexibility index (Phi) is 3.91. The smallest absolute Gasteiger partial charge is 0.112 e. The second-order valence-corrected chi connectivity index (χ2v) is 5.85. The van der Waals surface area contributed by atoms with Crippen LogP contribution in [-0.2, 0) is 6.54 Å². The summed E-state index contributed by atoms with van der Waals surface area (Å²) in [4.78, 5) is 2.35. The summed E-state index contributed by atoms with van der Waals surface area (Å²) >= 11 is 13.5. The lowest BCUT2D eigenvalue weighted by atomic mass is 10.1. The highest BCUT2D eigenvalue weighted by atomic mass is 35.5. The van der Waals surface area contributed by atoms with E-state index in [1.165, 1.54) is 17.8 Å². The normalized spacial score (nSPS) is 23.3. The molecule has 2 rings (SSSR count). The highest BCUT2D eigenvalue weighted by Crippen LogP contribution is 2.33. The number of rotatable bonds is 2. The van der Waals surface area contributed by atoms with Gasteiger partial charge >= 0.3 is 0 Å². The lowest BCUT2D eigenvalue weighted by Gasteiger charge is -2.30. The topological polar surface area (TPSA) is 29.3 Å². The van der Waals surface area contributed by atoms with E-state index < -0.39 is 0 Å². The Morgan fingerprint density at radius 3 is 2.93 bits per heavy atom. The van der Waals surface area contributed by atoms with Gasteiger partial charge in [-0.05, 0) is 30.3 Å². The van der Waals surface area contributed by atoms with Gasteiger partial charge in [0.1, 0.15) is 4.34 Å². The number of hydrogen-bond acceptors (Lipinski definition) is 3. The van der Waals surface area contributed by atoms with E-state index in [0.29, 0.717) is 15.4 Å². The van der Waals surface area contributed by atoms with Gasteiger partial charge in [0, 0.05) is 19.1 Å². The molecule has 15 heavy (non-hydrogen) atoms. The molecule has 0 saturated carbocycles. The van der Waals surface area contributed by atoms with Gasteiger partial charge in [-0.25, -0.2) is 0 Å². The van der Waals surface area contributed by atoms with Crippen molar-refractivity contribution in [3.8, 4) is 0 Å². The van der Waals surface area contributed by atoms with E-state index in [-0.39, 0.29) is 0 Å². The molecule has 1 aliphatic heterocycles. The third-order valence-electron chi connectivity index (χ3n) is 2.70. The first-order valence-electron chi connectivity index (χ1n) is 5.06. The molecule has 0 aliphatic carbocycles. The van der Waals surface area contributed by atoms with E-state index in [9.17, 15) is 0 Å². The molecule has 2 nitrogen and oxygen atoms in total. The van der Waals surface area contributed by atoms with Gasteiger partial charge in [0.05, 0.1) is 5.02 Å². The number of likely N-dealkylation sites (tertiary alicyclic amines) is 1. The molecule has 84 valence electrons. The summed E-state index contributed by atoms with van der Waals surface area (Å²) < 4.78 is 0.688. The van der Waals surface area contributed by atoms with Gasteiger partial charge in [-0.15, -0.1) is 11.3 Å². The maximum Gasteiger partial charge on any atom is 0.112 e. The fourth-order valence-electron chi connectivity index (χ4n) is 1.94. The summed E-state index contributed by atoms with van der Waals surface area (Å²) in [5, 5.41) is 2.74. The maximum atomic E-state index is 6.08. The Morgan fingerprint density at radius 1 is 1.53 bits per heavy atom. The molecule has 1 fully saturated rings. The van der Waals surface area contributed by atoms with E-state index in [2.05, 4.69) is 4.90 Å². The molecular weight excluding hydrogens is 251 g/mol. The van der Waals surface area contributed by atoms with Gasteiger partial charge in [-0.3, -0.25) is 4.90 Å². The Bertz CT molecular complexity index is 340. The Balaban J connectivity index is 1.99. The quantitative estimate of drug-likeness (QED) is 0.890. The summed E-state index contributed by atoms with van der Waals surface area (Å²) in [6.07, 6.45) is 2.31. The first kappa shape index (κ1) is 11.7. The minimum atomic E-state index is 0.312. The third-order valence-corrected chi connectivity index (χ3v) is 4.61. The molecule has 0 spiro atoms. The Labute approximate surface area is 104 Å². The highest BCUT2D eigenvalue weighted by Gasteiger charge is 2.18. The minimum absolute atomic E-state index is 0.312.